The first-order valence-electron chi connectivity index (χ1n) is 6.60. The van der Waals surface area contributed by atoms with Crippen molar-refractivity contribution >= 4 is 5.97 Å². The minimum atomic E-state index is -0.634. The molecule has 6 nitrogen and oxygen atoms in total. The topological polar surface area (TPSA) is 87.1 Å². The second-order valence-electron chi connectivity index (χ2n) is 4.18. The van der Waals surface area contributed by atoms with Crippen molar-refractivity contribution in [3.8, 4) is 0 Å². The van der Waals surface area contributed by atoms with Crippen molar-refractivity contribution in [1.82, 2.24) is 5.32 Å². The minimum Gasteiger partial charge on any atom is -0.465 e. The summed E-state index contributed by atoms with van der Waals surface area (Å²) in [6.07, 6.45) is 3.26. The highest BCUT2D eigenvalue weighted by Crippen LogP contribution is 2.21. The van der Waals surface area contributed by atoms with E-state index in [1.165, 1.54) is 0 Å². The maximum absolute atomic E-state index is 12.1. The molecule has 0 aliphatic rings. The Labute approximate surface area is 109 Å². The number of nitrogens with one attached hydrogen (secondary N) is 1. The second kappa shape index (κ2) is 9.74. The van der Waals surface area contributed by atoms with Crippen LogP contribution in [-0.2, 0) is 9.53 Å². The highest BCUT2D eigenvalue weighted by Gasteiger charge is 2.37. The lowest BCUT2D eigenvalue weighted by atomic mass is 9.88. The Morgan fingerprint density at radius 1 is 1.33 bits per heavy atom. The largest absolute Gasteiger partial charge is 0.465 e. The molecule has 0 saturated heterocycles. The molecule has 0 saturated carbocycles. The van der Waals surface area contributed by atoms with Crippen molar-refractivity contribution in [1.29, 1.82) is 0 Å². The summed E-state index contributed by atoms with van der Waals surface area (Å²) in [7, 11) is 0. The SMILES string of the molecule is CCCC(CCC)(NCCN=[N+]=[N-])C(=O)OCC. The molecule has 0 heterocycles. The molecular formula is C12H24N4O2. The smallest absolute Gasteiger partial charge is 0.326 e. The highest BCUT2D eigenvalue weighted by molar-refractivity contribution is 5.80. The van der Waals surface area contributed by atoms with Crippen molar-refractivity contribution in [2.75, 3.05) is 19.7 Å². The van der Waals surface area contributed by atoms with Gasteiger partial charge in [-0.15, -0.1) is 0 Å². The zero-order valence-electron chi connectivity index (χ0n) is 11.6. The van der Waals surface area contributed by atoms with Crippen LogP contribution in [0.3, 0.4) is 0 Å². The monoisotopic (exact) mass is 256 g/mol. The quantitative estimate of drug-likeness (QED) is 0.214. The third-order valence-electron chi connectivity index (χ3n) is 2.76. The number of hydrogen-bond donors (Lipinski definition) is 1. The number of rotatable bonds is 10. The van der Waals surface area contributed by atoms with Gasteiger partial charge in [0.2, 0.25) is 0 Å². The standard InChI is InChI=1S/C12H24N4O2/c1-4-7-12(8-5-2,11(17)18-6-3)14-9-10-15-16-13/h14H,4-10H2,1-3H3. The van der Waals surface area contributed by atoms with E-state index in [9.17, 15) is 4.79 Å². The van der Waals surface area contributed by atoms with Crippen LogP contribution in [0.15, 0.2) is 5.11 Å². The molecule has 0 radical (unpaired) electrons. The van der Waals surface area contributed by atoms with Crippen molar-refractivity contribution in [3.05, 3.63) is 10.4 Å². The molecule has 0 aromatic carbocycles. The van der Waals surface area contributed by atoms with Crippen LogP contribution in [0, 0.1) is 0 Å². The van der Waals surface area contributed by atoms with Gasteiger partial charge in [0.15, 0.2) is 0 Å². The fraction of sp³-hybridized carbons (Fsp3) is 0.917. The number of carbonyl (C=O) groups is 1. The van der Waals surface area contributed by atoms with Gasteiger partial charge in [0.25, 0.3) is 0 Å². The Morgan fingerprint density at radius 3 is 2.39 bits per heavy atom. The lowest BCUT2D eigenvalue weighted by molar-refractivity contribution is -0.152. The molecule has 0 aliphatic heterocycles. The molecule has 18 heavy (non-hydrogen) atoms. The van der Waals surface area contributed by atoms with Gasteiger partial charge in [-0.3, -0.25) is 4.79 Å². The van der Waals surface area contributed by atoms with Crippen LogP contribution in [-0.4, -0.2) is 31.2 Å². The van der Waals surface area contributed by atoms with Crippen LogP contribution in [0.1, 0.15) is 46.5 Å². The van der Waals surface area contributed by atoms with Gasteiger partial charge < -0.3 is 10.1 Å². The fourth-order valence-corrected chi connectivity index (χ4v) is 2.09. The molecule has 0 rings (SSSR count). The van der Waals surface area contributed by atoms with Crippen LogP contribution >= 0.6 is 0 Å². The van der Waals surface area contributed by atoms with E-state index >= 15 is 0 Å². The van der Waals surface area contributed by atoms with E-state index < -0.39 is 5.54 Å². The second-order valence-corrected chi connectivity index (χ2v) is 4.18. The molecule has 0 bridgehead atoms. The van der Waals surface area contributed by atoms with Gasteiger partial charge >= 0.3 is 5.97 Å². The molecule has 0 aromatic heterocycles. The van der Waals surface area contributed by atoms with Gasteiger partial charge in [0.1, 0.15) is 5.54 Å². The zero-order chi connectivity index (χ0) is 13.9. The van der Waals surface area contributed by atoms with Crippen molar-refractivity contribution in [3.63, 3.8) is 0 Å². The van der Waals surface area contributed by atoms with Crippen LogP contribution < -0.4 is 5.32 Å². The first-order chi connectivity index (χ1) is 8.66. The van der Waals surface area contributed by atoms with E-state index in [4.69, 9.17) is 10.3 Å². The molecule has 0 unspecified atom stereocenters. The van der Waals surface area contributed by atoms with Crippen molar-refractivity contribution < 1.29 is 9.53 Å². The summed E-state index contributed by atoms with van der Waals surface area (Å²) in [6, 6.07) is 0. The Balaban J connectivity index is 4.71. The van der Waals surface area contributed by atoms with E-state index in [1.807, 2.05) is 13.8 Å². The normalized spacial score (nSPS) is 10.8. The zero-order valence-corrected chi connectivity index (χ0v) is 11.6. The summed E-state index contributed by atoms with van der Waals surface area (Å²) in [6.45, 7) is 7.10. The summed E-state index contributed by atoms with van der Waals surface area (Å²) >= 11 is 0. The Bertz CT molecular complexity index is 282. The predicted molar refractivity (Wildman–Crippen MR) is 71.2 cm³/mol. The van der Waals surface area contributed by atoms with Crippen molar-refractivity contribution in [2.45, 2.75) is 52.0 Å². The number of esters is 1. The van der Waals surface area contributed by atoms with Gasteiger partial charge in [-0.1, -0.05) is 31.8 Å². The summed E-state index contributed by atoms with van der Waals surface area (Å²) in [4.78, 5) is 14.8. The lowest BCUT2D eigenvalue weighted by Crippen LogP contribution is -2.53. The lowest BCUT2D eigenvalue weighted by Gasteiger charge is -2.32. The molecule has 0 atom stereocenters. The van der Waals surface area contributed by atoms with E-state index in [1.54, 1.807) is 6.92 Å². The van der Waals surface area contributed by atoms with Crippen LogP contribution in [0.4, 0.5) is 0 Å². The number of hydrogen-bond acceptors (Lipinski definition) is 4. The first kappa shape index (κ1) is 16.7. The summed E-state index contributed by atoms with van der Waals surface area (Å²) in [5, 5.41) is 6.68. The molecule has 0 aromatic rings. The first-order valence-corrected chi connectivity index (χ1v) is 6.60. The number of ether oxygens (including phenoxy) is 1. The van der Waals surface area contributed by atoms with E-state index in [0.717, 1.165) is 25.7 Å². The number of azide groups is 1. The third-order valence-corrected chi connectivity index (χ3v) is 2.76. The Hall–Kier alpha value is -1.26. The molecular weight excluding hydrogens is 232 g/mol. The maximum atomic E-state index is 12.1. The number of carbonyl (C=O) groups excluding carboxylic acids is 1. The fourth-order valence-electron chi connectivity index (χ4n) is 2.09. The molecule has 6 heteroatoms. The van der Waals surface area contributed by atoms with Crippen LogP contribution in [0.2, 0.25) is 0 Å². The Morgan fingerprint density at radius 2 is 1.94 bits per heavy atom. The van der Waals surface area contributed by atoms with Crippen molar-refractivity contribution in [2.24, 2.45) is 5.11 Å². The van der Waals surface area contributed by atoms with Gasteiger partial charge in [0, 0.05) is 18.0 Å². The van der Waals surface area contributed by atoms with Gasteiger partial charge in [0.05, 0.1) is 6.61 Å². The van der Waals surface area contributed by atoms with Crippen LogP contribution in [0.25, 0.3) is 10.4 Å². The average Bonchev–Trinajstić information content (AvgIpc) is 2.35. The van der Waals surface area contributed by atoms with Gasteiger partial charge in [-0.25, -0.2) is 0 Å². The molecule has 0 fully saturated rings. The highest BCUT2D eigenvalue weighted by atomic mass is 16.5. The Kier molecular flexibility index (Phi) is 9.06. The van der Waals surface area contributed by atoms with E-state index in [0.29, 0.717) is 19.7 Å². The summed E-state index contributed by atoms with van der Waals surface area (Å²) in [5.74, 6) is -0.199. The summed E-state index contributed by atoms with van der Waals surface area (Å²) < 4.78 is 5.16. The molecule has 0 spiro atoms. The number of nitrogens with zero attached hydrogens (tertiary/aromatic N) is 3. The molecule has 1 N–H and O–H groups in total. The third kappa shape index (κ3) is 5.38. The van der Waals surface area contributed by atoms with Gasteiger partial charge in [-0.2, -0.15) is 0 Å². The van der Waals surface area contributed by atoms with Gasteiger partial charge in [-0.05, 0) is 25.3 Å². The molecule has 0 amide bonds. The maximum Gasteiger partial charge on any atom is 0.326 e. The summed E-state index contributed by atoms with van der Waals surface area (Å²) in [5.41, 5.74) is 7.60. The van der Waals surface area contributed by atoms with Crippen LogP contribution in [0.5, 0.6) is 0 Å². The molecule has 0 aliphatic carbocycles. The minimum absolute atomic E-state index is 0.199. The van der Waals surface area contributed by atoms with E-state index in [-0.39, 0.29) is 5.97 Å². The average molecular weight is 256 g/mol. The molecule has 104 valence electrons. The predicted octanol–water partition coefficient (Wildman–Crippen LogP) is 2.79. The van der Waals surface area contributed by atoms with E-state index in [2.05, 4.69) is 15.3 Å².